The Labute approximate surface area is 181 Å². The van der Waals surface area contributed by atoms with E-state index in [1.54, 1.807) is 14.2 Å². The summed E-state index contributed by atoms with van der Waals surface area (Å²) in [4.78, 5) is 0. The van der Waals surface area contributed by atoms with E-state index < -0.39 is 0 Å². The van der Waals surface area contributed by atoms with Gasteiger partial charge >= 0.3 is 181 Å². The first-order valence-electron chi connectivity index (χ1n) is 9.92. The molecule has 29 heavy (non-hydrogen) atoms. The number of rotatable bonds is 4. The molecular formula is C24H32N2O2Se. The van der Waals surface area contributed by atoms with Crippen molar-refractivity contribution in [1.82, 2.24) is 0 Å². The number of azo groups is 1. The predicted molar refractivity (Wildman–Crippen MR) is 119 cm³/mol. The standard InChI is InChI=1S/C24H32N2O2Se/c1-21(2,3)23(17-9-13-19(27-7)14-10-17)25-26-24(29-23,22(4,5)6)18-11-15-20(28-8)16-12-18/h9-16H,1-8H3/t23-,24-/m1/s1. The molecule has 0 saturated carbocycles. The first-order valence-corrected chi connectivity index (χ1v) is 11.6. The van der Waals surface area contributed by atoms with Gasteiger partial charge in [-0.3, -0.25) is 0 Å². The Morgan fingerprint density at radius 2 is 0.931 bits per heavy atom. The normalized spacial score (nSPS) is 24.6. The van der Waals surface area contributed by atoms with Gasteiger partial charge in [-0.2, -0.15) is 0 Å². The molecule has 3 rings (SSSR count). The van der Waals surface area contributed by atoms with E-state index in [2.05, 4.69) is 65.8 Å². The number of nitrogens with zero attached hydrogens (tertiary/aromatic N) is 2. The van der Waals surface area contributed by atoms with Crippen molar-refractivity contribution >= 4 is 15.0 Å². The summed E-state index contributed by atoms with van der Waals surface area (Å²) in [5.41, 5.74) is 2.25. The van der Waals surface area contributed by atoms with Crippen LogP contribution in [0, 0.1) is 10.8 Å². The van der Waals surface area contributed by atoms with Gasteiger partial charge < -0.3 is 0 Å². The van der Waals surface area contributed by atoms with E-state index in [-0.39, 0.29) is 34.7 Å². The van der Waals surface area contributed by atoms with Crippen LogP contribution in [0.25, 0.3) is 0 Å². The molecule has 0 unspecified atom stereocenters. The second-order valence-corrected chi connectivity index (χ2v) is 12.5. The second kappa shape index (κ2) is 7.45. The third kappa shape index (κ3) is 3.60. The molecule has 4 nitrogen and oxygen atoms in total. The predicted octanol–water partition coefficient (Wildman–Crippen LogP) is 5.97. The Bertz CT molecular complexity index is 806. The van der Waals surface area contributed by atoms with E-state index in [0.717, 1.165) is 11.5 Å². The second-order valence-electron chi connectivity index (χ2n) is 9.55. The third-order valence-electron chi connectivity index (χ3n) is 5.62. The summed E-state index contributed by atoms with van der Waals surface area (Å²) in [5, 5.41) is 10.2. The fourth-order valence-electron chi connectivity index (χ4n) is 3.73. The Morgan fingerprint density at radius 1 is 0.621 bits per heavy atom. The molecule has 2 aromatic carbocycles. The molecule has 0 radical (unpaired) electrons. The molecule has 1 heterocycles. The van der Waals surface area contributed by atoms with Crippen LogP contribution in [0.4, 0.5) is 0 Å². The van der Waals surface area contributed by atoms with Gasteiger partial charge in [0.2, 0.25) is 0 Å². The van der Waals surface area contributed by atoms with E-state index in [1.165, 1.54) is 11.1 Å². The average Bonchev–Trinajstić information content (AvgIpc) is 3.12. The Hall–Kier alpha value is -1.84. The van der Waals surface area contributed by atoms with Crippen molar-refractivity contribution < 1.29 is 9.47 Å². The number of hydrogen-bond donors (Lipinski definition) is 0. The Morgan fingerprint density at radius 3 is 1.17 bits per heavy atom. The summed E-state index contributed by atoms with van der Waals surface area (Å²) < 4.78 is 10.0. The summed E-state index contributed by atoms with van der Waals surface area (Å²) >= 11 is 0.0413. The van der Waals surface area contributed by atoms with Crippen LogP contribution in [0.1, 0.15) is 52.7 Å². The number of benzene rings is 2. The SMILES string of the molecule is COc1ccc([C@@]2(C(C)(C)C)N=N[C@@](c3ccc(OC)cc3)(C(C)(C)C)[Se]2)cc1. The first kappa shape index (κ1) is 21.9. The molecule has 0 saturated heterocycles. The molecule has 2 aromatic rings. The van der Waals surface area contributed by atoms with Crippen LogP contribution in [0.5, 0.6) is 11.5 Å². The van der Waals surface area contributed by atoms with Crippen molar-refractivity contribution in [2.75, 3.05) is 14.2 Å². The van der Waals surface area contributed by atoms with Crippen molar-refractivity contribution in [2.45, 2.75) is 50.4 Å². The zero-order chi connectivity index (χ0) is 21.5. The molecule has 0 bridgehead atoms. The van der Waals surface area contributed by atoms with E-state index in [4.69, 9.17) is 19.7 Å². The minimum absolute atomic E-state index is 0.0413. The maximum atomic E-state index is 5.38. The van der Waals surface area contributed by atoms with Crippen LogP contribution in [0.3, 0.4) is 0 Å². The summed E-state index contributed by atoms with van der Waals surface area (Å²) in [5.74, 6) is 1.72. The van der Waals surface area contributed by atoms with Crippen molar-refractivity contribution in [3.63, 3.8) is 0 Å². The summed E-state index contributed by atoms with van der Waals surface area (Å²) in [6.45, 7) is 13.6. The number of hydrogen-bond acceptors (Lipinski definition) is 4. The van der Waals surface area contributed by atoms with Crippen LogP contribution < -0.4 is 9.47 Å². The Kier molecular flexibility index (Phi) is 5.61. The van der Waals surface area contributed by atoms with Gasteiger partial charge in [-0.05, 0) is 0 Å². The monoisotopic (exact) mass is 460 g/mol. The van der Waals surface area contributed by atoms with E-state index in [1.807, 2.05) is 24.3 Å². The molecule has 0 amide bonds. The van der Waals surface area contributed by atoms with E-state index in [9.17, 15) is 0 Å². The third-order valence-corrected chi connectivity index (χ3v) is 10.8. The van der Waals surface area contributed by atoms with Crippen LogP contribution in [0.2, 0.25) is 0 Å². The Balaban J connectivity index is 2.16. The fraction of sp³-hybridized carbons (Fsp3) is 0.500. The molecule has 2 atom stereocenters. The topological polar surface area (TPSA) is 43.2 Å². The molecule has 1 aliphatic heterocycles. The molecule has 0 fully saturated rings. The molecule has 156 valence electrons. The maximum absolute atomic E-state index is 5.38. The van der Waals surface area contributed by atoms with Crippen LogP contribution >= 0.6 is 0 Å². The molecule has 1 aliphatic rings. The van der Waals surface area contributed by atoms with Gasteiger partial charge in [-0.1, -0.05) is 0 Å². The summed E-state index contributed by atoms with van der Waals surface area (Å²) in [7, 11) is 3.39. The number of ether oxygens (including phenoxy) is 2. The van der Waals surface area contributed by atoms with Gasteiger partial charge in [0.15, 0.2) is 0 Å². The van der Waals surface area contributed by atoms with E-state index in [0.29, 0.717) is 0 Å². The van der Waals surface area contributed by atoms with Gasteiger partial charge in [0, 0.05) is 0 Å². The molecule has 0 spiro atoms. The van der Waals surface area contributed by atoms with Gasteiger partial charge in [0.25, 0.3) is 0 Å². The quantitative estimate of drug-likeness (QED) is 0.529. The average molecular weight is 459 g/mol. The van der Waals surface area contributed by atoms with Crippen molar-refractivity contribution in [3.8, 4) is 11.5 Å². The van der Waals surface area contributed by atoms with Crippen LogP contribution in [-0.4, -0.2) is 29.2 Å². The van der Waals surface area contributed by atoms with Gasteiger partial charge in [0.1, 0.15) is 0 Å². The van der Waals surface area contributed by atoms with Gasteiger partial charge in [-0.15, -0.1) is 0 Å². The van der Waals surface area contributed by atoms with Crippen molar-refractivity contribution in [2.24, 2.45) is 21.1 Å². The van der Waals surface area contributed by atoms with Crippen LogP contribution in [0.15, 0.2) is 58.8 Å². The van der Waals surface area contributed by atoms with Gasteiger partial charge in [-0.25, -0.2) is 0 Å². The van der Waals surface area contributed by atoms with Crippen molar-refractivity contribution in [1.29, 1.82) is 0 Å². The molecule has 0 aromatic heterocycles. The molecule has 5 heteroatoms. The first-order chi connectivity index (χ1) is 13.5. The summed E-state index contributed by atoms with van der Waals surface area (Å²) in [6.07, 6.45) is 0. The zero-order valence-corrected chi connectivity index (χ0v) is 20.5. The molecule has 0 aliphatic carbocycles. The molecular weight excluding hydrogens is 427 g/mol. The number of methoxy groups -OCH3 is 2. The van der Waals surface area contributed by atoms with Crippen LogP contribution in [-0.2, 0) is 8.87 Å². The van der Waals surface area contributed by atoms with E-state index >= 15 is 0 Å². The minimum atomic E-state index is -0.362. The fourth-order valence-corrected chi connectivity index (χ4v) is 7.32. The summed E-state index contributed by atoms with van der Waals surface area (Å²) in [6, 6.07) is 16.7. The zero-order valence-electron chi connectivity index (χ0n) is 18.7. The van der Waals surface area contributed by atoms with Gasteiger partial charge in [0.05, 0.1) is 0 Å². The van der Waals surface area contributed by atoms with Crippen molar-refractivity contribution in [3.05, 3.63) is 59.7 Å². The molecule has 0 N–H and O–H groups in total.